The molecule has 1 aromatic heterocycles. The number of aromatic nitrogens is 3. The Bertz CT molecular complexity index is 897. The van der Waals surface area contributed by atoms with Gasteiger partial charge in [-0.15, -0.1) is 12.4 Å². The highest BCUT2D eigenvalue weighted by Crippen LogP contribution is 2.21. The first kappa shape index (κ1) is 20.7. The highest BCUT2D eigenvalue weighted by atomic mass is 35.5. The van der Waals surface area contributed by atoms with E-state index in [1.165, 1.54) is 10.9 Å². The zero-order chi connectivity index (χ0) is 18.0. The fourth-order valence-corrected chi connectivity index (χ4v) is 3.88. The number of hydrogen-bond donors (Lipinski definition) is 1. The Morgan fingerprint density at radius 3 is 2.50 bits per heavy atom. The van der Waals surface area contributed by atoms with Gasteiger partial charge < -0.3 is 5.32 Å². The van der Waals surface area contributed by atoms with E-state index in [0.29, 0.717) is 13.1 Å². The molecule has 26 heavy (non-hydrogen) atoms. The Morgan fingerprint density at radius 1 is 1.27 bits per heavy atom. The Labute approximate surface area is 159 Å². The van der Waals surface area contributed by atoms with Crippen molar-refractivity contribution in [1.82, 2.24) is 19.7 Å². The van der Waals surface area contributed by atoms with Crippen molar-refractivity contribution in [2.75, 3.05) is 19.3 Å². The first-order valence-electron chi connectivity index (χ1n) is 8.57. The summed E-state index contributed by atoms with van der Waals surface area (Å²) < 4.78 is 26.3. The molecule has 1 unspecified atom stereocenters. The summed E-state index contributed by atoms with van der Waals surface area (Å²) in [4.78, 5) is 12.9. The molecular formula is C17H25ClN4O3S. The van der Waals surface area contributed by atoms with Crippen molar-refractivity contribution in [3.8, 4) is 0 Å². The van der Waals surface area contributed by atoms with Crippen LogP contribution in [-0.4, -0.2) is 42.1 Å². The van der Waals surface area contributed by atoms with Gasteiger partial charge in [-0.3, -0.25) is 4.57 Å². The van der Waals surface area contributed by atoms with Gasteiger partial charge in [0.1, 0.15) is 5.82 Å². The van der Waals surface area contributed by atoms with E-state index in [0.717, 1.165) is 37.3 Å². The fraction of sp³-hybridized carbons (Fsp3) is 0.529. The Balaban J connectivity index is 0.00000243. The van der Waals surface area contributed by atoms with Gasteiger partial charge in [-0.25, -0.2) is 17.9 Å². The monoisotopic (exact) mass is 400 g/mol. The summed E-state index contributed by atoms with van der Waals surface area (Å²) in [6, 6.07) is 6.60. The van der Waals surface area contributed by atoms with Gasteiger partial charge in [-0.2, -0.15) is 5.10 Å². The van der Waals surface area contributed by atoms with Crippen molar-refractivity contribution in [2.45, 2.75) is 43.7 Å². The van der Waals surface area contributed by atoms with E-state index >= 15 is 0 Å². The Hall–Kier alpha value is -1.64. The standard InChI is InChI=1S/C17H24N4O3S.ClH/c1-3-20-16(14-5-4-10-18-11-14)19-21(17(20)22)12-13-6-8-15(9-7-13)25(2,23)24;/h6-9,14,18H,3-5,10-12H2,1-2H3;1H. The molecule has 0 saturated carbocycles. The molecule has 1 N–H and O–H groups in total. The number of hydrogen-bond acceptors (Lipinski definition) is 5. The van der Waals surface area contributed by atoms with E-state index < -0.39 is 9.84 Å². The largest absolute Gasteiger partial charge is 0.346 e. The zero-order valence-corrected chi connectivity index (χ0v) is 16.6. The lowest BCUT2D eigenvalue weighted by molar-refractivity contribution is 0.431. The van der Waals surface area contributed by atoms with Crippen molar-refractivity contribution in [2.24, 2.45) is 0 Å². The quantitative estimate of drug-likeness (QED) is 0.819. The second-order valence-corrected chi connectivity index (χ2v) is 8.52. The van der Waals surface area contributed by atoms with Crippen LogP contribution in [0.1, 0.15) is 37.1 Å². The molecule has 144 valence electrons. The molecule has 1 fully saturated rings. The van der Waals surface area contributed by atoms with Crippen molar-refractivity contribution in [3.05, 3.63) is 46.1 Å². The molecule has 0 amide bonds. The van der Waals surface area contributed by atoms with Crippen LogP contribution in [0.3, 0.4) is 0 Å². The van der Waals surface area contributed by atoms with Gasteiger partial charge in [0.25, 0.3) is 0 Å². The summed E-state index contributed by atoms with van der Waals surface area (Å²) in [5.41, 5.74) is 0.735. The molecule has 0 radical (unpaired) electrons. The predicted molar refractivity (Wildman–Crippen MR) is 103 cm³/mol. The van der Waals surface area contributed by atoms with Crippen LogP contribution in [0.5, 0.6) is 0 Å². The van der Waals surface area contributed by atoms with Gasteiger partial charge in [0, 0.05) is 25.3 Å². The number of benzene rings is 1. The maximum absolute atomic E-state index is 12.6. The highest BCUT2D eigenvalue weighted by molar-refractivity contribution is 7.90. The first-order valence-corrected chi connectivity index (χ1v) is 10.5. The molecule has 0 bridgehead atoms. The molecule has 3 rings (SSSR count). The molecule has 1 aliphatic rings. The van der Waals surface area contributed by atoms with Crippen LogP contribution < -0.4 is 11.0 Å². The molecule has 0 spiro atoms. The van der Waals surface area contributed by atoms with Crippen LogP contribution >= 0.6 is 12.4 Å². The van der Waals surface area contributed by atoms with Crippen LogP contribution in [0.2, 0.25) is 0 Å². The molecule has 7 nitrogen and oxygen atoms in total. The summed E-state index contributed by atoms with van der Waals surface area (Å²) in [7, 11) is -3.22. The highest BCUT2D eigenvalue weighted by Gasteiger charge is 2.23. The molecule has 2 heterocycles. The SMILES string of the molecule is CCn1c(C2CCCNC2)nn(Cc2ccc(S(C)(=O)=O)cc2)c1=O.Cl. The lowest BCUT2D eigenvalue weighted by atomic mass is 9.99. The summed E-state index contributed by atoms with van der Waals surface area (Å²) in [5, 5.41) is 7.94. The van der Waals surface area contributed by atoms with E-state index in [-0.39, 0.29) is 28.9 Å². The second kappa shape index (κ2) is 8.37. The van der Waals surface area contributed by atoms with Gasteiger partial charge in [-0.05, 0) is 44.0 Å². The van der Waals surface area contributed by atoms with Crippen LogP contribution in [0.15, 0.2) is 34.0 Å². The van der Waals surface area contributed by atoms with E-state index in [2.05, 4.69) is 10.4 Å². The molecule has 1 saturated heterocycles. The van der Waals surface area contributed by atoms with Gasteiger partial charge in [-0.1, -0.05) is 12.1 Å². The number of nitrogens with one attached hydrogen (secondary N) is 1. The zero-order valence-electron chi connectivity index (χ0n) is 15.0. The number of rotatable bonds is 5. The smallest absolute Gasteiger partial charge is 0.316 e. The van der Waals surface area contributed by atoms with Crippen molar-refractivity contribution in [1.29, 1.82) is 0 Å². The number of nitrogens with zero attached hydrogens (tertiary/aromatic N) is 3. The van der Waals surface area contributed by atoms with E-state index in [4.69, 9.17) is 0 Å². The lowest BCUT2D eigenvalue weighted by Crippen LogP contribution is -2.31. The predicted octanol–water partition coefficient (Wildman–Crippen LogP) is 1.41. The summed E-state index contributed by atoms with van der Waals surface area (Å²) in [5.74, 6) is 1.10. The van der Waals surface area contributed by atoms with Crippen LogP contribution in [0.4, 0.5) is 0 Å². The van der Waals surface area contributed by atoms with Gasteiger partial charge in [0.15, 0.2) is 9.84 Å². The van der Waals surface area contributed by atoms with Crippen molar-refractivity contribution in [3.63, 3.8) is 0 Å². The molecule has 0 aliphatic carbocycles. The summed E-state index contributed by atoms with van der Waals surface area (Å²) in [6.07, 6.45) is 3.30. The normalized spacial score (nSPS) is 17.7. The number of piperidine rings is 1. The van der Waals surface area contributed by atoms with Crippen LogP contribution in [0.25, 0.3) is 0 Å². The third-order valence-electron chi connectivity index (χ3n) is 4.61. The molecular weight excluding hydrogens is 376 g/mol. The van der Waals surface area contributed by atoms with E-state index in [1.54, 1.807) is 28.8 Å². The minimum atomic E-state index is -3.22. The summed E-state index contributed by atoms with van der Waals surface area (Å²) >= 11 is 0. The van der Waals surface area contributed by atoms with Crippen molar-refractivity contribution < 1.29 is 8.42 Å². The van der Waals surface area contributed by atoms with Gasteiger partial charge >= 0.3 is 5.69 Å². The maximum atomic E-state index is 12.6. The Kier molecular flexibility index (Phi) is 6.65. The first-order chi connectivity index (χ1) is 11.9. The number of halogens is 1. The maximum Gasteiger partial charge on any atom is 0.346 e. The molecule has 9 heteroatoms. The fourth-order valence-electron chi connectivity index (χ4n) is 3.25. The molecule has 1 aromatic carbocycles. The van der Waals surface area contributed by atoms with E-state index in [1.807, 2.05) is 6.92 Å². The molecule has 1 atom stereocenters. The topological polar surface area (TPSA) is 86.0 Å². The number of sulfone groups is 1. The van der Waals surface area contributed by atoms with Crippen molar-refractivity contribution >= 4 is 22.2 Å². The van der Waals surface area contributed by atoms with E-state index in [9.17, 15) is 13.2 Å². The minimum Gasteiger partial charge on any atom is -0.316 e. The average Bonchev–Trinajstić information content (AvgIpc) is 2.91. The van der Waals surface area contributed by atoms with Crippen LogP contribution in [-0.2, 0) is 22.9 Å². The second-order valence-electron chi connectivity index (χ2n) is 6.50. The lowest BCUT2D eigenvalue weighted by Gasteiger charge is -2.21. The van der Waals surface area contributed by atoms with Crippen LogP contribution in [0, 0.1) is 0 Å². The molecule has 2 aromatic rings. The Morgan fingerprint density at radius 2 is 1.96 bits per heavy atom. The van der Waals surface area contributed by atoms with Gasteiger partial charge in [0.05, 0.1) is 11.4 Å². The average molecular weight is 401 g/mol. The summed E-state index contributed by atoms with van der Waals surface area (Å²) in [6.45, 7) is 4.74. The third kappa shape index (κ3) is 4.36. The molecule has 1 aliphatic heterocycles. The van der Waals surface area contributed by atoms with Gasteiger partial charge in [0.2, 0.25) is 0 Å². The third-order valence-corrected chi connectivity index (χ3v) is 5.74. The minimum absolute atomic E-state index is 0.